The second-order valence-electron chi connectivity index (χ2n) is 4.90. The Hall–Kier alpha value is -2.60. The summed E-state index contributed by atoms with van der Waals surface area (Å²) in [4.78, 5) is 18.1. The van der Waals surface area contributed by atoms with Crippen LogP contribution in [0.2, 0.25) is 0 Å². The van der Waals surface area contributed by atoms with Gasteiger partial charge in [0, 0.05) is 12.6 Å². The number of phenolic OH excluding ortho intramolecular Hbond substituents is 1. The number of fused-ring (bicyclic) bond motifs is 1. The van der Waals surface area contributed by atoms with Crippen molar-refractivity contribution in [3.63, 3.8) is 0 Å². The van der Waals surface area contributed by atoms with Crippen LogP contribution in [0.3, 0.4) is 0 Å². The molecule has 2 N–H and O–H groups in total. The lowest BCUT2D eigenvalue weighted by atomic mass is 10.2. The summed E-state index contributed by atoms with van der Waals surface area (Å²) in [5, 5.41) is 13.1. The predicted octanol–water partition coefficient (Wildman–Crippen LogP) is 3.67. The van der Waals surface area contributed by atoms with Crippen LogP contribution in [-0.4, -0.2) is 28.1 Å². The van der Waals surface area contributed by atoms with Crippen molar-refractivity contribution in [2.45, 2.75) is 6.54 Å². The fraction of sp³-hybridized carbons (Fsp3) is 0.125. The van der Waals surface area contributed by atoms with E-state index >= 15 is 0 Å². The van der Waals surface area contributed by atoms with Gasteiger partial charge >= 0.3 is 6.03 Å². The summed E-state index contributed by atoms with van der Waals surface area (Å²) >= 11 is 1.43. The van der Waals surface area contributed by atoms with Gasteiger partial charge in [0.25, 0.3) is 0 Å². The van der Waals surface area contributed by atoms with E-state index in [4.69, 9.17) is 0 Å². The van der Waals surface area contributed by atoms with E-state index in [2.05, 4.69) is 10.3 Å². The SMILES string of the molecule is CN(Cc1ccccc1O)C(=O)Nc1nc2ccccc2s1. The summed E-state index contributed by atoms with van der Waals surface area (Å²) in [5.41, 5.74) is 1.57. The highest BCUT2D eigenvalue weighted by Crippen LogP contribution is 2.25. The molecule has 3 rings (SSSR count). The fourth-order valence-electron chi connectivity index (χ4n) is 2.08. The molecule has 112 valence electrons. The third-order valence-electron chi connectivity index (χ3n) is 3.25. The van der Waals surface area contributed by atoms with Gasteiger partial charge in [0.05, 0.1) is 16.8 Å². The molecule has 5 nitrogen and oxygen atoms in total. The van der Waals surface area contributed by atoms with Crippen molar-refractivity contribution >= 4 is 32.7 Å². The summed E-state index contributed by atoms with van der Waals surface area (Å²) in [6.07, 6.45) is 0. The Balaban J connectivity index is 1.69. The topological polar surface area (TPSA) is 65.5 Å². The second-order valence-corrected chi connectivity index (χ2v) is 5.93. The molecule has 6 heteroatoms. The normalized spacial score (nSPS) is 10.6. The fourth-order valence-corrected chi connectivity index (χ4v) is 2.94. The quantitative estimate of drug-likeness (QED) is 0.775. The van der Waals surface area contributed by atoms with Gasteiger partial charge in [-0.05, 0) is 18.2 Å². The standard InChI is InChI=1S/C16H15N3O2S/c1-19(10-11-6-2-4-8-13(11)20)16(21)18-15-17-12-7-3-5-9-14(12)22-15/h2-9,20H,10H2,1H3,(H,17,18,21). The van der Waals surface area contributed by atoms with Gasteiger partial charge in [0.1, 0.15) is 5.75 Å². The van der Waals surface area contributed by atoms with E-state index in [1.807, 2.05) is 30.3 Å². The van der Waals surface area contributed by atoms with E-state index in [1.165, 1.54) is 16.2 Å². The Bertz CT molecular complexity index is 783. The molecule has 0 spiro atoms. The van der Waals surface area contributed by atoms with E-state index in [1.54, 1.807) is 25.2 Å². The number of hydrogen-bond acceptors (Lipinski definition) is 4. The van der Waals surface area contributed by atoms with Crippen LogP contribution in [0, 0.1) is 0 Å². The third-order valence-corrected chi connectivity index (χ3v) is 4.21. The number of nitrogens with one attached hydrogen (secondary N) is 1. The van der Waals surface area contributed by atoms with E-state index in [-0.39, 0.29) is 11.8 Å². The van der Waals surface area contributed by atoms with Crippen molar-refractivity contribution in [2.75, 3.05) is 12.4 Å². The number of aromatic hydroxyl groups is 1. The number of thiazole rings is 1. The first-order chi connectivity index (χ1) is 10.6. The third kappa shape index (κ3) is 3.01. The molecule has 0 aliphatic rings. The van der Waals surface area contributed by atoms with Crippen molar-refractivity contribution in [2.24, 2.45) is 0 Å². The molecule has 1 aromatic heterocycles. The molecule has 0 aliphatic carbocycles. The van der Waals surface area contributed by atoms with Crippen molar-refractivity contribution < 1.29 is 9.90 Å². The first-order valence-corrected chi connectivity index (χ1v) is 7.59. The Labute approximate surface area is 131 Å². The molecule has 2 amide bonds. The molecule has 0 fully saturated rings. The minimum Gasteiger partial charge on any atom is -0.508 e. The lowest BCUT2D eigenvalue weighted by molar-refractivity contribution is 0.220. The molecular formula is C16H15N3O2S. The summed E-state index contributed by atoms with van der Waals surface area (Å²) in [7, 11) is 1.68. The van der Waals surface area contributed by atoms with Gasteiger partial charge in [0.2, 0.25) is 0 Å². The average molecular weight is 313 g/mol. The summed E-state index contributed by atoms with van der Waals surface area (Å²) < 4.78 is 1.03. The first kappa shape index (κ1) is 14.3. The van der Waals surface area contributed by atoms with Gasteiger partial charge < -0.3 is 10.0 Å². The smallest absolute Gasteiger partial charge is 0.323 e. The molecule has 1 heterocycles. The van der Waals surface area contributed by atoms with Crippen LogP contribution in [0.5, 0.6) is 5.75 Å². The number of rotatable bonds is 3. The number of aromatic nitrogens is 1. The molecule has 0 radical (unpaired) electrons. The minimum absolute atomic E-state index is 0.183. The summed E-state index contributed by atoms with van der Waals surface area (Å²) in [6, 6.07) is 14.4. The summed E-state index contributed by atoms with van der Waals surface area (Å²) in [6.45, 7) is 0.323. The Morgan fingerprint density at radius 3 is 2.73 bits per heavy atom. The lowest BCUT2D eigenvalue weighted by Gasteiger charge is -2.17. The van der Waals surface area contributed by atoms with Crippen LogP contribution in [0.15, 0.2) is 48.5 Å². The largest absolute Gasteiger partial charge is 0.508 e. The van der Waals surface area contributed by atoms with E-state index in [0.29, 0.717) is 17.2 Å². The highest BCUT2D eigenvalue weighted by Gasteiger charge is 2.13. The molecule has 0 saturated heterocycles. The number of carbonyl (C=O) groups is 1. The van der Waals surface area contributed by atoms with Gasteiger partial charge in [-0.25, -0.2) is 9.78 Å². The number of phenols is 1. The Kier molecular flexibility index (Phi) is 3.93. The average Bonchev–Trinajstić information content (AvgIpc) is 2.91. The lowest BCUT2D eigenvalue weighted by Crippen LogP contribution is -2.30. The van der Waals surface area contributed by atoms with Crippen LogP contribution < -0.4 is 5.32 Å². The Morgan fingerprint density at radius 2 is 1.95 bits per heavy atom. The number of urea groups is 1. The van der Waals surface area contributed by atoms with Crippen molar-refractivity contribution in [1.29, 1.82) is 0 Å². The van der Waals surface area contributed by atoms with Gasteiger partial charge in [0.15, 0.2) is 5.13 Å². The van der Waals surface area contributed by atoms with Crippen LogP contribution in [0.4, 0.5) is 9.93 Å². The highest BCUT2D eigenvalue weighted by atomic mass is 32.1. The van der Waals surface area contributed by atoms with Crippen molar-refractivity contribution in [3.8, 4) is 5.75 Å². The number of hydrogen-bond donors (Lipinski definition) is 2. The maximum absolute atomic E-state index is 12.2. The van der Waals surface area contributed by atoms with Crippen LogP contribution in [-0.2, 0) is 6.54 Å². The molecular weight excluding hydrogens is 298 g/mol. The molecule has 0 bridgehead atoms. The number of para-hydroxylation sites is 2. The summed E-state index contributed by atoms with van der Waals surface area (Å²) in [5.74, 6) is 0.183. The zero-order valence-corrected chi connectivity index (χ0v) is 12.8. The van der Waals surface area contributed by atoms with E-state index < -0.39 is 0 Å². The second kappa shape index (κ2) is 6.03. The number of amides is 2. The van der Waals surface area contributed by atoms with E-state index in [9.17, 15) is 9.90 Å². The predicted molar refractivity (Wildman–Crippen MR) is 88.2 cm³/mol. The maximum atomic E-state index is 12.2. The molecule has 0 aliphatic heterocycles. The molecule has 22 heavy (non-hydrogen) atoms. The van der Waals surface area contributed by atoms with Gasteiger partial charge in [-0.15, -0.1) is 0 Å². The zero-order valence-electron chi connectivity index (χ0n) is 12.0. The minimum atomic E-state index is -0.262. The molecule has 2 aromatic carbocycles. The molecule has 0 saturated carbocycles. The van der Waals surface area contributed by atoms with Crippen LogP contribution >= 0.6 is 11.3 Å². The monoisotopic (exact) mass is 313 g/mol. The number of anilines is 1. The van der Waals surface area contributed by atoms with Gasteiger partial charge in [-0.1, -0.05) is 41.7 Å². The molecule has 0 unspecified atom stereocenters. The Morgan fingerprint density at radius 1 is 1.23 bits per heavy atom. The number of nitrogens with zero attached hydrogens (tertiary/aromatic N) is 2. The first-order valence-electron chi connectivity index (χ1n) is 6.78. The number of benzene rings is 2. The van der Waals surface area contributed by atoms with E-state index in [0.717, 1.165) is 10.2 Å². The van der Waals surface area contributed by atoms with Crippen LogP contribution in [0.25, 0.3) is 10.2 Å². The van der Waals surface area contributed by atoms with Crippen molar-refractivity contribution in [3.05, 3.63) is 54.1 Å². The highest BCUT2D eigenvalue weighted by molar-refractivity contribution is 7.22. The van der Waals surface area contributed by atoms with Gasteiger partial charge in [-0.3, -0.25) is 5.32 Å². The molecule has 3 aromatic rings. The molecule has 0 atom stereocenters. The van der Waals surface area contributed by atoms with Crippen molar-refractivity contribution in [1.82, 2.24) is 9.88 Å². The maximum Gasteiger partial charge on any atom is 0.323 e. The zero-order chi connectivity index (χ0) is 15.5. The van der Waals surface area contributed by atoms with Gasteiger partial charge in [-0.2, -0.15) is 0 Å². The van der Waals surface area contributed by atoms with Crippen LogP contribution in [0.1, 0.15) is 5.56 Å². The number of carbonyl (C=O) groups excluding carboxylic acids is 1.